The lowest BCUT2D eigenvalue weighted by atomic mass is 10.1. The highest BCUT2D eigenvalue weighted by Crippen LogP contribution is 2.34. The van der Waals surface area contributed by atoms with E-state index in [1.807, 2.05) is 19.9 Å². The zero-order valence-corrected chi connectivity index (χ0v) is 29.8. The number of nitrogens with zero attached hydrogens (tertiary/aromatic N) is 2. The third kappa shape index (κ3) is 16.9. The second-order valence-corrected chi connectivity index (χ2v) is 11.2. The Morgan fingerprint density at radius 2 is 1.36 bits per heavy atom. The molecule has 3 aromatic carbocycles. The number of nitrogens with one attached hydrogen (secondary N) is 1. The largest absolute Gasteiger partial charge is 0.313 e. The van der Waals surface area contributed by atoms with Gasteiger partial charge in [-0.05, 0) is 70.8 Å². The fourth-order valence-corrected chi connectivity index (χ4v) is 4.61. The van der Waals surface area contributed by atoms with Gasteiger partial charge in [-0.2, -0.15) is 0 Å². The molecule has 4 aromatic rings. The Balaban J connectivity index is 0.00000128. The molecule has 1 N–H and O–H groups in total. The third-order valence-electron chi connectivity index (χ3n) is 6.04. The van der Waals surface area contributed by atoms with E-state index in [2.05, 4.69) is 143 Å². The van der Waals surface area contributed by atoms with Crippen LogP contribution in [-0.2, 0) is 6.54 Å². The second-order valence-electron chi connectivity index (χ2n) is 10.3. The van der Waals surface area contributed by atoms with E-state index in [-0.39, 0.29) is 0 Å². The number of aromatic nitrogens is 1. The van der Waals surface area contributed by atoms with Crippen LogP contribution in [0.15, 0.2) is 104 Å². The third-order valence-corrected chi connectivity index (χ3v) is 6.90. The number of hydrogen-bond donors (Lipinski definition) is 1. The number of hydrogen-bond acceptors (Lipinski definition) is 4. The highest BCUT2D eigenvalue weighted by Gasteiger charge is 2.16. The van der Waals surface area contributed by atoms with Crippen molar-refractivity contribution in [2.24, 2.45) is 0 Å². The summed E-state index contributed by atoms with van der Waals surface area (Å²) in [5.74, 6) is -2.50. The monoisotopic (exact) mass is 635 g/mol. The van der Waals surface area contributed by atoms with Crippen LogP contribution in [0.2, 0.25) is 0 Å². The molecule has 246 valence electrons. The fraction of sp³-hybridized carbons (Fsp3) is 0.359. The Morgan fingerprint density at radius 3 is 1.80 bits per heavy atom. The molecule has 1 atom stereocenters. The lowest BCUT2D eigenvalue weighted by molar-refractivity contribution is 0.0437. The van der Waals surface area contributed by atoms with Crippen LogP contribution in [-0.4, -0.2) is 17.5 Å². The summed E-state index contributed by atoms with van der Waals surface area (Å²) in [4.78, 5) is 7.32. The van der Waals surface area contributed by atoms with E-state index in [1.165, 1.54) is 22.3 Å². The molecule has 45 heavy (non-hydrogen) atoms. The van der Waals surface area contributed by atoms with Crippen LogP contribution in [0.25, 0.3) is 11.3 Å². The van der Waals surface area contributed by atoms with Gasteiger partial charge in [0.1, 0.15) is 0 Å². The van der Waals surface area contributed by atoms with Crippen molar-refractivity contribution in [3.8, 4) is 11.3 Å². The molecule has 0 fully saturated rings. The second kappa shape index (κ2) is 22.8. The fourth-order valence-electron chi connectivity index (χ4n) is 3.76. The molecule has 1 aromatic heterocycles. The topological polar surface area (TPSA) is 28.2 Å². The number of halogens is 2. The SMILES string of the molecule is C=C.C=CCC.CC.CC(C)(F)F.CCNC(C)c1ccc(CN(c2ccc(C)cc2)c2nc(-c3ccc(C)cc3)cs2)cc1. The van der Waals surface area contributed by atoms with Gasteiger partial charge in [0.05, 0.1) is 12.2 Å². The van der Waals surface area contributed by atoms with E-state index in [0.29, 0.717) is 6.04 Å². The summed E-state index contributed by atoms with van der Waals surface area (Å²) in [5.41, 5.74) is 8.44. The number of anilines is 2. The van der Waals surface area contributed by atoms with E-state index in [9.17, 15) is 8.78 Å². The lowest BCUT2D eigenvalue weighted by Gasteiger charge is -2.23. The van der Waals surface area contributed by atoms with E-state index in [0.717, 1.165) is 55.4 Å². The number of benzene rings is 3. The summed E-state index contributed by atoms with van der Waals surface area (Å²) in [6.07, 6.45) is 2.96. The van der Waals surface area contributed by atoms with Gasteiger partial charge < -0.3 is 10.2 Å². The number of rotatable bonds is 9. The number of alkyl halides is 2. The Morgan fingerprint density at radius 1 is 0.889 bits per heavy atom. The smallest absolute Gasteiger partial charge is 0.242 e. The van der Waals surface area contributed by atoms with Gasteiger partial charge in [-0.1, -0.05) is 106 Å². The Kier molecular flexibility index (Phi) is 21.0. The normalized spacial score (nSPS) is 10.6. The van der Waals surface area contributed by atoms with Gasteiger partial charge in [0, 0.05) is 22.7 Å². The molecule has 1 heterocycles. The molecule has 1 unspecified atom stereocenters. The van der Waals surface area contributed by atoms with E-state index >= 15 is 0 Å². The summed E-state index contributed by atoms with van der Waals surface area (Å²) in [5, 5.41) is 6.65. The van der Waals surface area contributed by atoms with Crippen molar-refractivity contribution in [2.75, 3.05) is 11.4 Å². The molecule has 4 rings (SSSR count). The summed E-state index contributed by atoms with van der Waals surface area (Å²) in [6, 6.07) is 26.6. The predicted octanol–water partition coefficient (Wildman–Crippen LogP) is 12.5. The van der Waals surface area contributed by atoms with E-state index in [1.54, 1.807) is 11.3 Å². The minimum absolute atomic E-state index is 0.360. The van der Waals surface area contributed by atoms with Crippen molar-refractivity contribution in [3.63, 3.8) is 0 Å². The van der Waals surface area contributed by atoms with Gasteiger partial charge in [-0.3, -0.25) is 0 Å². The summed E-state index contributed by atoms with van der Waals surface area (Å²) < 4.78 is 22.0. The molecular weight excluding hydrogens is 581 g/mol. The highest BCUT2D eigenvalue weighted by atomic mass is 32.1. The molecular formula is C39H55F2N3S. The van der Waals surface area contributed by atoms with Crippen molar-refractivity contribution >= 4 is 22.2 Å². The average Bonchev–Trinajstić information content (AvgIpc) is 3.52. The molecule has 0 aliphatic heterocycles. The molecule has 3 nitrogen and oxygen atoms in total. The van der Waals surface area contributed by atoms with Gasteiger partial charge in [0.2, 0.25) is 5.92 Å². The zero-order valence-electron chi connectivity index (χ0n) is 29.0. The van der Waals surface area contributed by atoms with Gasteiger partial charge >= 0.3 is 0 Å². The molecule has 0 saturated carbocycles. The molecule has 0 aliphatic carbocycles. The summed E-state index contributed by atoms with van der Waals surface area (Å²) in [6.45, 7) is 27.6. The van der Waals surface area contributed by atoms with E-state index < -0.39 is 5.92 Å². The Hall–Kier alpha value is -3.61. The molecule has 0 radical (unpaired) electrons. The van der Waals surface area contributed by atoms with Crippen LogP contribution in [0.1, 0.15) is 83.2 Å². The van der Waals surface area contributed by atoms with Crippen molar-refractivity contribution in [1.29, 1.82) is 0 Å². The predicted molar refractivity (Wildman–Crippen MR) is 197 cm³/mol. The highest BCUT2D eigenvalue weighted by molar-refractivity contribution is 7.14. The standard InChI is InChI=1S/C28H31N3S.C4H8.C3H6F2.C2H6.C2H4/c1-5-29-22(4)24-14-10-23(11-15-24)18-31(26-16-8-21(3)9-17-26)28-30-27(19-32-28)25-12-6-20(2)7-13-25;1-3-4-2;1-3(2,4)5;2*1-2/h6-17,19,22,29H,5,18H2,1-4H3;3H,1,4H2,2H3;1-2H3;1-2H3;1-2H2. The maximum atomic E-state index is 11.0. The number of aryl methyl sites for hydroxylation is 2. The van der Waals surface area contributed by atoms with Crippen LogP contribution in [0.4, 0.5) is 19.6 Å². The van der Waals surface area contributed by atoms with E-state index in [4.69, 9.17) is 4.98 Å². The van der Waals surface area contributed by atoms with Crippen LogP contribution in [0, 0.1) is 13.8 Å². The Bertz CT molecular complexity index is 1300. The van der Waals surface area contributed by atoms with Crippen LogP contribution in [0.3, 0.4) is 0 Å². The first-order valence-electron chi connectivity index (χ1n) is 15.6. The van der Waals surface area contributed by atoms with Crippen molar-refractivity contribution in [3.05, 3.63) is 126 Å². The molecule has 0 aliphatic rings. The first-order valence-corrected chi connectivity index (χ1v) is 16.5. The van der Waals surface area contributed by atoms with Crippen molar-refractivity contribution in [2.45, 2.75) is 87.2 Å². The van der Waals surface area contributed by atoms with Crippen LogP contribution < -0.4 is 10.2 Å². The molecule has 0 spiro atoms. The number of allylic oxidation sites excluding steroid dienone is 1. The molecule has 0 amide bonds. The van der Waals surface area contributed by atoms with Gasteiger partial charge in [-0.15, -0.1) is 31.1 Å². The average molecular weight is 636 g/mol. The first-order chi connectivity index (χ1) is 21.4. The molecule has 0 bridgehead atoms. The minimum atomic E-state index is -2.50. The van der Waals surface area contributed by atoms with Gasteiger partial charge in [0.25, 0.3) is 0 Å². The van der Waals surface area contributed by atoms with Gasteiger partial charge in [0.15, 0.2) is 5.13 Å². The van der Waals surface area contributed by atoms with Crippen molar-refractivity contribution in [1.82, 2.24) is 10.3 Å². The van der Waals surface area contributed by atoms with Gasteiger partial charge in [-0.25, -0.2) is 13.8 Å². The molecule has 0 saturated heterocycles. The Labute approximate surface area is 276 Å². The summed E-state index contributed by atoms with van der Waals surface area (Å²) in [7, 11) is 0. The van der Waals surface area contributed by atoms with Crippen LogP contribution >= 0.6 is 11.3 Å². The lowest BCUT2D eigenvalue weighted by Crippen LogP contribution is -2.18. The van der Waals surface area contributed by atoms with Crippen molar-refractivity contribution < 1.29 is 8.78 Å². The summed E-state index contributed by atoms with van der Waals surface area (Å²) >= 11 is 1.69. The maximum absolute atomic E-state index is 11.0. The number of thiazole rings is 1. The quantitative estimate of drug-likeness (QED) is 0.185. The molecule has 6 heteroatoms. The zero-order chi connectivity index (χ0) is 34.4. The first kappa shape index (κ1) is 41.4. The van der Waals surface area contributed by atoms with Crippen LogP contribution in [0.5, 0.6) is 0 Å². The maximum Gasteiger partial charge on any atom is 0.242 e. The minimum Gasteiger partial charge on any atom is -0.313 e.